The van der Waals surface area contributed by atoms with Gasteiger partial charge in [-0.3, -0.25) is 4.79 Å². The molecule has 0 aliphatic heterocycles. The molecule has 5 aromatic rings. The quantitative estimate of drug-likeness (QED) is 0.186. The largest absolute Gasteiger partial charge is 0.321 e. The fourth-order valence-corrected chi connectivity index (χ4v) is 5.67. The highest BCUT2D eigenvalue weighted by molar-refractivity contribution is 7.98. The molecule has 0 atom stereocenters. The van der Waals surface area contributed by atoms with Crippen molar-refractivity contribution in [1.82, 2.24) is 15.0 Å². The van der Waals surface area contributed by atoms with E-state index in [0.717, 1.165) is 20.8 Å². The number of benzene rings is 3. The summed E-state index contributed by atoms with van der Waals surface area (Å²) >= 11 is 9.38. The predicted octanol–water partition coefficient (Wildman–Crippen LogP) is 7.57. The third-order valence-electron chi connectivity index (χ3n) is 5.49. The van der Waals surface area contributed by atoms with Crippen molar-refractivity contribution in [3.05, 3.63) is 100 Å². The Morgan fingerprint density at radius 2 is 1.83 bits per heavy atom. The maximum atomic E-state index is 12.9. The van der Waals surface area contributed by atoms with E-state index >= 15 is 0 Å². The lowest BCUT2D eigenvalue weighted by molar-refractivity contribution is 0.102. The molecule has 0 radical (unpaired) electrons. The van der Waals surface area contributed by atoms with Gasteiger partial charge in [0.25, 0.3) is 5.91 Å². The Morgan fingerprint density at radius 3 is 2.63 bits per heavy atom. The fourth-order valence-electron chi connectivity index (χ4n) is 3.54. The Bertz CT molecular complexity index is 1530. The van der Waals surface area contributed by atoms with Gasteiger partial charge in [-0.25, -0.2) is 15.0 Å². The van der Waals surface area contributed by atoms with E-state index < -0.39 is 0 Å². The van der Waals surface area contributed by atoms with E-state index in [1.165, 1.54) is 34.6 Å². The van der Waals surface area contributed by atoms with Crippen LogP contribution in [0.4, 0.5) is 5.69 Å². The predicted molar refractivity (Wildman–Crippen MR) is 146 cm³/mol. The number of nitrogens with one attached hydrogen (secondary N) is 1. The zero-order chi connectivity index (χ0) is 24.4. The van der Waals surface area contributed by atoms with Gasteiger partial charge in [-0.2, -0.15) is 0 Å². The molecule has 1 N–H and O–H groups in total. The Hall–Kier alpha value is -3.26. The van der Waals surface area contributed by atoms with Crippen LogP contribution in [-0.4, -0.2) is 20.9 Å². The molecule has 2 aromatic heterocycles. The number of halogens is 1. The van der Waals surface area contributed by atoms with Gasteiger partial charge in [-0.15, -0.1) is 11.3 Å². The van der Waals surface area contributed by atoms with Crippen LogP contribution in [0.15, 0.2) is 78.1 Å². The van der Waals surface area contributed by atoms with Crippen molar-refractivity contribution in [2.75, 3.05) is 5.32 Å². The van der Waals surface area contributed by atoms with Gasteiger partial charge >= 0.3 is 0 Å². The smallest absolute Gasteiger partial charge is 0.275 e. The molecule has 0 spiro atoms. The first-order valence-corrected chi connectivity index (χ1v) is 13.1. The van der Waals surface area contributed by atoms with E-state index in [0.29, 0.717) is 16.6 Å². The van der Waals surface area contributed by atoms with Crippen LogP contribution in [0.25, 0.3) is 20.8 Å². The first-order valence-electron chi connectivity index (χ1n) is 10.9. The third-order valence-corrected chi connectivity index (χ3v) is 7.74. The minimum Gasteiger partial charge on any atom is -0.321 e. The fraction of sp³-hybridized carbons (Fsp3) is 0.111. The summed E-state index contributed by atoms with van der Waals surface area (Å²) in [5, 5.41) is 4.54. The van der Waals surface area contributed by atoms with Crippen LogP contribution < -0.4 is 5.32 Å². The minimum atomic E-state index is -0.377. The second kappa shape index (κ2) is 10.2. The van der Waals surface area contributed by atoms with Gasteiger partial charge in [0.1, 0.15) is 5.01 Å². The SMILES string of the molecule is Cc1ccc2nc(-c3ccc(NC(=O)c4nc(SCc5ccccc5C)ncc4Cl)cc3)sc2c1. The molecule has 0 bridgehead atoms. The van der Waals surface area contributed by atoms with E-state index in [2.05, 4.69) is 53.4 Å². The first-order chi connectivity index (χ1) is 17.0. The summed E-state index contributed by atoms with van der Waals surface area (Å²) in [5.74, 6) is 0.334. The van der Waals surface area contributed by atoms with Crippen molar-refractivity contribution in [2.45, 2.75) is 24.8 Å². The average molecular weight is 517 g/mol. The monoisotopic (exact) mass is 516 g/mol. The van der Waals surface area contributed by atoms with Crippen LogP contribution in [0, 0.1) is 13.8 Å². The Balaban J connectivity index is 1.29. The van der Waals surface area contributed by atoms with Crippen molar-refractivity contribution < 1.29 is 4.79 Å². The number of hydrogen-bond donors (Lipinski definition) is 1. The summed E-state index contributed by atoms with van der Waals surface area (Å²) in [6, 6.07) is 22.0. The number of aryl methyl sites for hydroxylation is 2. The molecular formula is C27H21ClN4OS2. The highest BCUT2D eigenvalue weighted by atomic mass is 35.5. The van der Waals surface area contributed by atoms with E-state index in [1.54, 1.807) is 11.3 Å². The molecule has 0 unspecified atom stereocenters. The summed E-state index contributed by atoms with van der Waals surface area (Å²) < 4.78 is 1.16. The van der Waals surface area contributed by atoms with E-state index in [1.807, 2.05) is 42.5 Å². The summed E-state index contributed by atoms with van der Waals surface area (Å²) in [4.78, 5) is 26.3. The molecule has 3 aromatic carbocycles. The number of carbonyl (C=O) groups is 1. The minimum absolute atomic E-state index is 0.152. The molecule has 0 aliphatic carbocycles. The van der Waals surface area contributed by atoms with E-state index in [4.69, 9.17) is 16.6 Å². The number of thioether (sulfide) groups is 1. The zero-order valence-electron chi connectivity index (χ0n) is 19.1. The number of hydrogen-bond acceptors (Lipinski definition) is 6. The van der Waals surface area contributed by atoms with Crippen LogP contribution in [0.5, 0.6) is 0 Å². The van der Waals surface area contributed by atoms with Crippen LogP contribution in [0.2, 0.25) is 5.02 Å². The molecular weight excluding hydrogens is 496 g/mol. The van der Waals surface area contributed by atoms with Crippen molar-refractivity contribution in [1.29, 1.82) is 0 Å². The normalized spacial score (nSPS) is 11.1. The number of rotatable bonds is 6. The maximum absolute atomic E-state index is 12.9. The molecule has 0 saturated carbocycles. The molecule has 1 amide bonds. The molecule has 35 heavy (non-hydrogen) atoms. The van der Waals surface area contributed by atoms with Crippen LogP contribution >= 0.6 is 34.7 Å². The standard InChI is InChI=1S/C27H21ClN4OS2/c1-16-7-12-22-23(13-16)35-26(31-22)18-8-10-20(11-9-18)30-25(33)24-21(28)14-29-27(32-24)34-15-19-6-4-3-5-17(19)2/h3-14H,15H2,1-2H3,(H,30,33). The first kappa shape index (κ1) is 23.5. The Kier molecular flexibility index (Phi) is 6.81. The molecule has 5 nitrogen and oxygen atoms in total. The molecule has 2 heterocycles. The molecule has 5 rings (SSSR count). The van der Waals surface area contributed by atoms with Crippen LogP contribution in [0.3, 0.4) is 0 Å². The number of thiazole rings is 1. The zero-order valence-corrected chi connectivity index (χ0v) is 21.5. The highest BCUT2D eigenvalue weighted by Gasteiger charge is 2.16. The van der Waals surface area contributed by atoms with Crippen molar-refractivity contribution >= 4 is 56.5 Å². The molecule has 0 saturated heterocycles. The number of carbonyl (C=O) groups excluding carboxylic acids is 1. The summed E-state index contributed by atoms with van der Waals surface area (Å²) in [6.07, 6.45) is 1.47. The molecule has 0 fully saturated rings. The van der Waals surface area contributed by atoms with Gasteiger partial charge in [0.15, 0.2) is 10.9 Å². The van der Waals surface area contributed by atoms with Gasteiger partial charge in [-0.05, 0) is 66.9 Å². The van der Waals surface area contributed by atoms with Gasteiger partial charge < -0.3 is 5.32 Å². The summed E-state index contributed by atoms with van der Waals surface area (Å²) in [6.45, 7) is 4.15. The number of amides is 1. The number of nitrogens with zero attached hydrogens (tertiary/aromatic N) is 3. The van der Waals surface area contributed by atoms with Gasteiger partial charge in [0, 0.05) is 17.0 Å². The van der Waals surface area contributed by atoms with Crippen LogP contribution in [-0.2, 0) is 5.75 Å². The highest BCUT2D eigenvalue weighted by Crippen LogP contribution is 2.31. The topological polar surface area (TPSA) is 67.8 Å². The van der Waals surface area contributed by atoms with Crippen molar-refractivity contribution in [3.8, 4) is 10.6 Å². The van der Waals surface area contributed by atoms with E-state index in [-0.39, 0.29) is 16.6 Å². The van der Waals surface area contributed by atoms with Crippen molar-refractivity contribution in [3.63, 3.8) is 0 Å². The lowest BCUT2D eigenvalue weighted by Crippen LogP contribution is -2.15. The molecule has 174 valence electrons. The van der Waals surface area contributed by atoms with Crippen molar-refractivity contribution in [2.24, 2.45) is 0 Å². The summed E-state index contributed by atoms with van der Waals surface area (Å²) in [7, 11) is 0. The van der Waals surface area contributed by atoms with Gasteiger partial charge in [0.05, 0.1) is 21.4 Å². The Labute approximate surface area is 216 Å². The number of anilines is 1. The lowest BCUT2D eigenvalue weighted by Gasteiger charge is -2.08. The average Bonchev–Trinajstić information content (AvgIpc) is 3.28. The second-order valence-corrected chi connectivity index (χ2v) is 10.5. The second-order valence-electron chi connectivity index (χ2n) is 8.09. The lowest BCUT2D eigenvalue weighted by atomic mass is 10.1. The third kappa shape index (κ3) is 5.37. The maximum Gasteiger partial charge on any atom is 0.275 e. The number of fused-ring (bicyclic) bond motifs is 1. The van der Waals surface area contributed by atoms with E-state index in [9.17, 15) is 4.79 Å². The van der Waals surface area contributed by atoms with Crippen LogP contribution in [0.1, 0.15) is 27.2 Å². The summed E-state index contributed by atoms with van der Waals surface area (Å²) in [5.41, 5.74) is 6.41. The van der Waals surface area contributed by atoms with Gasteiger partial charge in [0.2, 0.25) is 0 Å². The van der Waals surface area contributed by atoms with Gasteiger partial charge in [-0.1, -0.05) is 53.7 Å². The Morgan fingerprint density at radius 1 is 1.03 bits per heavy atom. The molecule has 8 heteroatoms. The number of aromatic nitrogens is 3. The molecule has 0 aliphatic rings.